The van der Waals surface area contributed by atoms with Crippen LogP contribution in [0.25, 0.3) is 10.8 Å². The minimum Gasteiger partial charge on any atom is -0.490 e. The molecule has 1 aliphatic carbocycles. The van der Waals surface area contributed by atoms with Gasteiger partial charge in [-0.25, -0.2) is 0 Å². The van der Waals surface area contributed by atoms with Gasteiger partial charge in [-0.05, 0) is 76.2 Å². The summed E-state index contributed by atoms with van der Waals surface area (Å²) in [5.74, 6) is 1.26. The number of anilines is 1. The summed E-state index contributed by atoms with van der Waals surface area (Å²) in [5.41, 5.74) is 0.146. The highest BCUT2D eigenvalue weighted by molar-refractivity contribution is 5.92. The Kier molecular flexibility index (Phi) is 5.99. The van der Waals surface area contributed by atoms with Crippen LogP contribution >= 0.6 is 0 Å². The van der Waals surface area contributed by atoms with Crippen LogP contribution in [0.3, 0.4) is 0 Å². The maximum absolute atomic E-state index is 13.3. The van der Waals surface area contributed by atoms with Crippen molar-refractivity contribution in [1.29, 1.82) is 0 Å². The van der Waals surface area contributed by atoms with Crippen LogP contribution in [0.1, 0.15) is 42.5 Å². The van der Waals surface area contributed by atoms with E-state index in [4.69, 9.17) is 4.74 Å². The number of hydrogen-bond acceptors (Lipinski definition) is 5. The maximum atomic E-state index is 13.3. The fourth-order valence-electron chi connectivity index (χ4n) is 4.20. The number of nitrogens with zero attached hydrogens (tertiary/aromatic N) is 3. The van der Waals surface area contributed by atoms with E-state index in [0.29, 0.717) is 17.4 Å². The highest BCUT2D eigenvalue weighted by Crippen LogP contribution is 2.36. The van der Waals surface area contributed by atoms with E-state index in [1.807, 2.05) is 25.1 Å². The van der Waals surface area contributed by atoms with Gasteiger partial charge in [0, 0.05) is 16.8 Å². The Balaban J connectivity index is 1.57. The fraction of sp³-hybridized carbons (Fsp3) is 0.417. The van der Waals surface area contributed by atoms with Gasteiger partial charge in [-0.15, -0.1) is 5.10 Å². The molecule has 1 N–H and O–H groups in total. The van der Waals surface area contributed by atoms with Gasteiger partial charge in [0.15, 0.2) is 5.82 Å². The quantitative estimate of drug-likeness (QED) is 0.536. The molecule has 1 heterocycles. The zero-order valence-corrected chi connectivity index (χ0v) is 18.6. The number of halogens is 3. The van der Waals surface area contributed by atoms with E-state index in [2.05, 4.69) is 34.5 Å². The van der Waals surface area contributed by atoms with Crippen molar-refractivity contribution in [3.05, 3.63) is 59.3 Å². The first-order valence-corrected chi connectivity index (χ1v) is 10.6. The molecule has 1 fully saturated rings. The Morgan fingerprint density at radius 1 is 1.16 bits per heavy atom. The Morgan fingerprint density at radius 2 is 1.91 bits per heavy atom. The predicted molar refractivity (Wildman–Crippen MR) is 119 cm³/mol. The third-order valence-electron chi connectivity index (χ3n) is 6.24. The van der Waals surface area contributed by atoms with Crippen molar-refractivity contribution in [2.24, 2.45) is 0 Å². The normalized spacial score (nSPS) is 19.6. The minimum absolute atomic E-state index is 0.178. The van der Waals surface area contributed by atoms with Gasteiger partial charge in [0.1, 0.15) is 11.9 Å². The molecule has 0 bridgehead atoms. The summed E-state index contributed by atoms with van der Waals surface area (Å²) in [6, 6.07) is 10.1. The number of alkyl halides is 3. The van der Waals surface area contributed by atoms with Crippen LogP contribution < -0.4 is 10.1 Å². The van der Waals surface area contributed by atoms with Crippen molar-refractivity contribution in [1.82, 2.24) is 15.1 Å². The lowest BCUT2D eigenvalue weighted by atomic mass is 9.88. The standard InChI is InChI=1S/C24H27F3N4O/c1-14-20(6-5-7-22(14)24(25,26)27)15(2)29-23-21-12-18(9-8-16(21)13-28-30-23)32-19-10-17(11-19)31(3)4/h5-9,12-13,15,17,19H,10-11H2,1-4H3,(H,29,30)/t15?,17-,19-. The molecule has 0 spiro atoms. The molecular formula is C24H27F3N4O. The largest absolute Gasteiger partial charge is 0.490 e. The van der Waals surface area contributed by atoms with Gasteiger partial charge >= 0.3 is 6.18 Å². The Labute approximate surface area is 185 Å². The molecule has 1 unspecified atom stereocenters. The summed E-state index contributed by atoms with van der Waals surface area (Å²) in [4.78, 5) is 2.20. The Bertz CT molecular complexity index is 1110. The average molecular weight is 445 g/mol. The number of nitrogens with one attached hydrogen (secondary N) is 1. The van der Waals surface area contributed by atoms with Crippen molar-refractivity contribution in [2.75, 3.05) is 19.4 Å². The third kappa shape index (κ3) is 4.50. The molecular weight excluding hydrogens is 417 g/mol. The summed E-state index contributed by atoms with van der Waals surface area (Å²) < 4.78 is 46.1. The molecule has 0 saturated heterocycles. The number of fused-ring (bicyclic) bond motifs is 1. The van der Waals surface area contributed by atoms with Gasteiger partial charge in [-0.1, -0.05) is 12.1 Å². The van der Waals surface area contributed by atoms with E-state index < -0.39 is 17.8 Å². The van der Waals surface area contributed by atoms with Crippen LogP contribution in [-0.2, 0) is 6.18 Å². The lowest BCUT2D eigenvalue weighted by Crippen LogP contribution is -2.46. The Hall–Kier alpha value is -2.87. The van der Waals surface area contributed by atoms with E-state index in [9.17, 15) is 13.2 Å². The number of hydrogen-bond donors (Lipinski definition) is 1. The highest BCUT2D eigenvalue weighted by atomic mass is 19.4. The molecule has 1 saturated carbocycles. The third-order valence-corrected chi connectivity index (χ3v) is 6.24. The minimum atomic E-state index is -4.39. The number of rotatable bonds is 6. The van der Waals surface area contributed by atoms with Gasteiger partial charge in [0.2, 0.25) is 0 Å². The van der Waals surface area contributed by atoms with Crippen LogP contribution in [0.2, 0.25) is 0 Å². The molecule has 5 nitrogen and oxygen atoms in total. The van der Waals surface area contributed by atoms with Gasteiger partial charge < -0.3 is 15.0 Å². The second kappa shape index (κ2) is 8.58. The summed E-state index contributed by atoms with van der Waals surface area (Å²) in [6.07, 6.45) is -0.584. The SMILES string of the molecule is Cc1c(C(C)Nc2nncc3ccc(O[C@H]4C[C@H](N(C)C)C4)cc23)cccc1C(F)(F)F. The summed E-state index contributed by atoms with van der Waals surface area (Å²) >= 11 is 0. The molecule has 32 heavy (non-hydrogen) atoms. The van der Waals surface area contributed by atoms with Gasteiger partial charge in [0.25, 0.3) is 0 Å². The van der Waals surface area contributed by atoms with E-state index in [-0.39, 0.29) is 11.7 Å². The molecule has 0 aliphatic heterocycles. The first-order chi connectivity index (χ1) is 15.1. The van der Waals surface area contributed by atoms with Gasteiger partial charge in [0.05, 0.1) is 17.8 Å². The first kappa shape index (κ1) is 22.3. The van der Waals surface area contributed by atoms with Gasteiger partial charge in [-0.2, -0.15) is 18.3 Å². The van der Waals surface area contributed by atoms with Crippen LogP contribution in [0.4, 0.5) is 19.0 Å². The molecule has 1 aliphatic rings. The monoisotopic (exact) mass is 444 g/mol. The molecule has 0 amide bonds. The second-order valence-corrected chi connectivity index (χ2v) is 8.65. The lowest BCUT2D eigenvalue weighted by molar-refractivity contribution is -0.138. The zero-order chi connectivity index (χ0) is 23.0. The van der Waals surface area contributed by atoms with Gasteiger partial charge in [-0.3, -0.25) is 0 Å². The fourth-order valence-corrected chi connectivity index (χ4v) is 4.20. The van der Waals surface area contributed by atoms with Crippen LogP contribution in [0, 0.1) is 6.92 Å². The molecule has 1 atom stereocenters. The van der Waals surface area contributed by atoms with E-state index in [1.54, 1.807) is 12.3 Å². The molecule has 8 heteroatoms. The van der Waals surface area contributed by atoms with E-state index in [1.165, 1.54) is 13.0 Å². The van der Waals surface area contributed by atoms with E-state index >= 15 is 0 Å². The maximum Gasteiger partial charge on any atom is 0.416 e. The molecule has 1 aromatic heterocycles. The smallest absolute Gasteiger partial charge is 0.416 e. The van der Waals surface area contributed by atoms with Crippen molar-refractivity contribution in [2.45, 2.75) is 51.1 Å². The number of ether oxygens (including phenoxy) is 1. The summed E-state index contributed by atoms with van der Waals surface area (Å²) in [6.45, 7) is 3.32. The Morgan fingerprint density at radius 3 is 2.59 bits per heavy atom. The number of aromatic nitrogens is 2. The van der Waals surface area contributed by atoms with E-state index in [0.717, 1.165) is 35.4 Å². The summed E-state index contributed by atoms with van der Waals surface area (Å²) in [5, 5.41) is 13.2. The molecule has 170 valence electrons. The molecule has 0 radical (unpaired) electrons. The van der Waals surface area contributed by atoms with Crippen molar-refractivity contribution < 1.29 is 17.9 Å². The van der Waals surface area contributed by atoms with Crippen molar-refractivity contribution in [3.63, 3.8) is 0 Å². The van der Waals surface area contributed by atoms with Crippen LogP contribution in [0.5, 0.6) is 5.75 Å². The lowest BCUT2D eigenvalue weighted by Gasteiger charge is -2.39. The van der Waals surface area contributed by atoms with Crippen LogP contribution in [-0.4, -0.2) is 41.3 Å². The highest BCUT2D eigenvalue weighted by Gasteiger charge is 2.34. The molecule has 4 rings (SSSR count). The first-order valence-electron chi connectivity index (χ1n) is 10.6. The van der Waals surface area contributed by atoms with Crippen LogP contribution in [0.15, 0.2) is 42.6 Å². The van der Waals surface area contributed by atoms with Crippen molar-refractivity contribution >= 4 is 16.6 Å². The zero-order valence-electron chi connectivity index (χ0n) is 18.6. The number of benzene rings is 2. The topological polar surface area (TPSA) is 50.3 Å². The van der Waals surface area contributed by atoms with Crippen molar-refractivity contribution in [3.8, 4) is 5.75 Å². The average Bonchev–Trinajstić information content (AvgIpc) is 2.69. The summed E-state index contributed by atoms with van der Waals surface area (Å²) in [7, 11) is 4.14. The molecule has 2 aromatic carbocycles. The predicted octanol–water partition coefficient (Wildman–Crippen LogP) is 5.60. The molecule has 3 aromatic rings. The second-order valence-electron chi connectivity index (χ2n) is 8.65.